The van der Waals surface area contributed by atoms with E-state index in [4.69, 9.17) is 12.2 Å². The fraction of sp³-hybridized carbons (Fsp3) is 0.111. The molecular formula is C18H16BrNO2S2. The molecule has 2 rings (SSSR count). The molecular weight excluding hydrogens is 406 g/mol. The van der Waals surface area contributed by atoms with Crippen molar-refractivity contribution in [2.75, 3.05) is 11.9 Å². The molecule has 124 valence electrons. The summed E-state index contributed by atoms with van der Waals surface area (Å²) in [5, 5.41) is 10.2. The summed E-state index contributed by atoms with van der Waals surface area (Å²) in [4.78, 5) is 14.3. The summed E-state index contributed by atoms with van der Waals surface area (Å²) in [6.07, 6.45) is 1.22. The van der Waals surface area contributed by atoms with Crippen LogP contribution < -0.4 is 4.90 Å². The van der Waals surface area contributed by atoms with E-state index in [0.717, 1.165) is 10.0 Å². The Labute approximate surface area is 160 Å². The molecule has 0 aromatic heterocycles. The number of anilines is 1. The number of hydrogen-bond donors (Lipinski definition) is 2. The van der Waals surface area contributed by atoms with Gasteiger partial charge in [-0.3, -0.25) is 4.79 Å². The van der Waals surface area contributed by atoms with Crippen molar-refractivity contribution in [1.29, 1.82) is 0 Å². The lowest BCUT2D eigenvalue weighted by molar-refractivity contribution is 0.104. The van der Waals surface area contributed by atoms with Gasteiger partial charge in [0.05, 0.1) is 5.69 Å². The minimum atomic E-state index is -0.300. The molecule has 0 aliphatic rings. The molecule has 0 unspecified atom stereocenters. The van der Waals surface area contributed by atoms with Crippen LogP contribution >= 0.6 is 40.8 Å². The van der Waals surface area contributed by atoms with Gasteiger partial charge in [0.2, 0.25) is 0 Å². The maximum atomic E-state index is 12.7. The second-order valence-electron chi connectivity index (χ2n) is 5.26. The highest BCUT2D eigenvalue weighted by atomic mass is 79.9. The van der Waals surface area contributed by atoms with Gasteiger partial charge >= 0.3 is 0 Å². The van der Waals surface area contributed by atoms with E-state index < -0.39 is 0 Å². The first-order valence-corrected chi connectivity index (χ1v) is 8.72. The van der Waals surface area contributed by atoms with E-state index >= 15 is 0 Å². The number of hydrogen-bond acceptors (Lipinski definition) is 3. The number of aryl methyl sites for hydroxylation is 1. The Morgan fingerprint density at radius 2 is 1.88 bits per heavy atom. The maximum Gasteiger partial charge on any atom is 0.191 e. The number of carbonyl (C=O) groups is 1. The Kier molecular flexibility index (Phi) is 6.21. The summed E-state index contributed by atoms with van der Waals surface area (Å²) in [6.45, 7) is 1.90. The molecule has 0 spiro atoms. The lowest BCUT2D eigenvalue weighted by Gasteiger charge is -2.20. The van der Waals surface area contributed by atoms with Crippen LogP contribution in [0.3, 0.4) is 0 Å². The van der Waals surface area contributed by atoms with Gasteiger partial charge in [0.25, 0.3) is 0 Å². The molecule has 0 heterocycles. The zero-order valence-electron chi connectivity index (χ0n) is 13.2. The number of aliphatic hydroxyl groups is 1. The van der Waals surface area contributed by atoms with Gasteiger partial charge in [-0.2, -0.15) is 0 Å². The van der Waals surface area contributed by atoms with Gasteiger partial charge in [-0.15, -0.1) is 12.6 Å². The SMILES string of the molecule is Cc1ccc(N(C)C(=S)S)c(C(=O)/C=C(\O)c2ccc(Br)cc2)c1. The van der Waals surface area contributed by atoms with Gasteiger partial charge in [0, 0.05) is 28.7 Å². The first-order valence-electron chi connectivity index (χ1n) is 7.08. The number of benzene rings is 2. The average Bonchev–Trinajstić information content (AvgIpc) is 2.54. The molecule has 0 amide bonds. The molecule has 3 nitrogen and oxygen atoms in total. The zero-order chi connectivity index (χ0) is 17.9. The molecule has 0 fully saturated rings. The molecule has 0 aliphatic heterocycles. The minimum absolute atomic E-state index is 0.0870. The average molecular weight is 422 g/mol. The molecule has 2 aromatic carbocycles. The summed E-state index contributed by atoms with van der Waals surface area (Å²) in [7, 11) is 1.75. The van der Waals surface area contributed by atoms with Crippen molar-refractivity contribution < 1.29 is 9.90 Å². The lowest BCUT2D eigenvalue weighted by atomic mass is 10.0. The molecule has 24 heavy (non-hydrogen) atoms. The van der Waals surface area contributed by atoms with E-state index in [-0.39, 0.29) is 11.5 Å². The first kappa shape index (κ1) is 18.7. The number of carbonyl (C=O) groups excluding carboxylic acids is 1. The normalized spacial score (nSPS) is 11.2. The maximum absolute atomic E-state index is 12.7. The highest BCUT2D eigenvalue weighted by Crippen LogP contribution is 2.24. The van der Waals surface area contributed by atoms with Crippen molar-refractivity contribution in [3.63, 3.8) is 0 Å². The largest absolute Gasteiger partial charge is 0.507 e. The van der Waals surface area contributed by atoms with Crippen molar-refractivity contribution in [3.05, 3.63) is 69.7 Å². The molecule has 1 N–H and O–H groups in total. The fourth-order valence-electron chi connectivity index (χ4n) is 2.15. The zero-order valence-corrected chi connectivity index (χ0v) is 16.5. The predicted octanol–water partition coefficient (Wildman–Crippen LogP) is 5.19. The Bertz CT molecular complexity index is 816. The lowest BCUT2D eigenvalue weighted by Crippen LogP contribution is -2.22. The number of thiol groups is 1. The van der Waals surface area contributed by atoms with Crippen molar-refractivity contribution in [2.24, 2.45) is 0 Å². The second-order valence-corrected chi connectivity index (χ2v) is 7.29. The fourth-order valence-corrected chi connectivity index (χ4v) is 2.62. The minimum Gasteiger partial charge on any atom is -0.507 e. The molecule has 0 bridgehead atoms. The molecule has 0 aliphatic carbocycles. The third-order valence-electron chi connectivity index (χ3n) is 3.47. The van der Waals surface area contributed by atoms with Crippen LogP contribution in [0, 0.1) is 6.92 Å². The number of nitrogens with zero attached hydrogens (tertiary/aromatic N) is 1. The third-order valence-corrected chi connectivity index (χ3v) is 4.58. The Morgan fingerprint density at radius 1 is 1.25 bits per heavy atom. The van der Waals surface area contributed by atoms with Crippen LogP contribution in [0.1, 0.15) is 21.5 Å². The Morgan fingerprint density at radius 3 is 2.46 bits per heavy atom. The molecule has 0 atom stereocenters. The van der Waals surface area contributed by atoms with E-state index in [1.807, 2.05) is 19.1 Å². The van der Waals surface area contributed by atoms with E-state index in [1.54, 1.807) is 42.3 Å². The van der Waals surface area contributed by atoms with E-state index in [2.05, 4.69) is 28.6 Å². The summed E-state index contributed by atoms with van der Waals surface area (Å²) >= 11 is 12.6. The number of allylic oxidation sites excluding steroid dienone is 1. The van der Waals surface area contributed by atoms with Crippen molar-refractivity contribution in [3.8, 4) is 0 Å². The molecule has 0 radical (unpaired) electrons. The predicted molar refractivity (Wildman–Crippen MR) is 110 cm³/mol. The van der Waals surface area contributed by atoms with Crippen LogP contribution in [-0.4, -0.2) is 22.3 Å². The topological polar surface area (TPSA) is 40.5 Å². The highest BCUT2D eigenvalue weighted by molar-refractivity contribution is 9.10. The molecule has 6 heteroatoms. The van der Waals surface area contributed by atoms with Crippen LogP contribution in [0.5, 0.6) is 0 Å². The van der Waals surface area contributed by atoms with Crippen molar-refractivity contribution in [1.82, 2.24) is 0 Å². The molecule has 0 saturated heterocycles. The number of thiocarbonyl (C=S) groups is 1. The van der Waals surface area contributed by atoms with Gasteiger partial charge < -0.3 is 10.0 Å². The standard InChI is InChI=1S/C18H16BrNO2S2/c1-11-3-8-15(20(2)18(23)24)14(9-11)17(22)10-16(21)12-4-6-13(19)7-5-12/h3-10,21H,1-2H3,(H,23,24)/b16-10-. The molecule has 2 aromatic rings. The summed E-state index contributed by atoms with van der Waals surface area (Å²) in [5.74, 6) is -0.387. The Hall–Kier alpha value is -1.63. The van der Waals surface area contributed by atoms with E-state index in [9.17, 15) is 9.90 Å². The van der Waals surface area contributed by atoms with Crippen LogP contribution in [0.4, 0.5) is 5.69 Å². The number of ketones is 1. The van der Waals surface area contributed by atoms with Gasteiger partial charge in [0.15, 0.2) is 5.78 Å². The van der Waals surface area contributed by atoms with Crippen LogP contribution in [0.15, 0.2) is 53.0 Å². The molecule has 0 saturated carbocycles. The van der Waals surface area contributed by atoms with Crippen molar-refractivity contribution >= 4 is 62.3 Å². The summed E-state index contributed by atoms with van der Waals surface area (Å²) in [5.41, 5.74) is 2.61. The van der Waals surface area contributed by atoms with E-state index in [1.165, 1.54) is 6.08 Å². The monoisotopic (exact) mass is 421 g/mol. The summed E-state index contributed by atoms with van der Waals surface area (Å²) in [6, 6.07) is 12.5. The van der Waals surface area contributed by atoms with Gasteiger partial charge in [0.1, 0.15) is 10.1 Å². The summed E-state index contributed by atoms with van der Waals surface area (Å²) < 4.78 is 1.25. The third kappa shape index (κ3) is 4.47. The van der Waals surface area contributed by atoms with E-state index in [0.29, 0.717) is 21.1 Å². The number of rotatable bonds is 4. The van der Waals surface area contributed by atoms with Gasteiger partial charge in [-0.1, -0.05) is 51.9 Å². The van der Waals surface area contributed by atoms with Crippen LogP contribution in [-0.2, 0) is 0 Å². The van der Waals surface area contributed by atoms with Crippen LogP contribution in [0.25, 0.3) is 5.76 Å². The first-order chi connectivity index (χ1) is 11.3. The highest BCUT2D eigenvalue weighted by Gasteiger charge is 2.15. The van der Waals surface area contributed by atoms with Gasteiger partial charge in [-0.05, 0) is 31.2 Å². The van der Waals surface area contributed by atoms with Gasteiger partial charge in [-0.25, -0.2) is 0 Å². The van der Waals surface area contributed by atoms with Crippen LogP contribution in [0.2, 0.25) is 0 Å². The number of aliphatic hydroxyl groups excluding tert-OH is 1. The number of halogens is 1. The van der Waals surface area contributed by atoms with Crippen molar-refractivity contribution in [2.45, 2.75) is 6.92 Å². The smallest absolute Gasteiger partial charge is 0.191 e. The second kappa shape index (κ2) is 7.96. The Balaban J connectivity index is 2.42. The quantitative estimate of drug-likeness (QED) is 0.234.